The average Bonchev–Trinajstić information content (AvgIpc) is 2.46. The number of carbonyl (C=O) groups is 1. The van der Waals surface area contributed by atoms with Gasteiger partial charge in [0.2, 0.25) is 0 Å². The van der Waals surface area contributed by atoms with E-state index in [1.54, 1.807) is 54.4 Å². The Balaban J connectivity index is 2.29. The van der Waals surface area contributed by atoms with Crippen LogP contribution in [0.25, 0.3) is 0 Å². The summed E-state index contributed by atoms with van der Waals surface area (Å²) >= 11 is 5.83. The van der Waals surface area contributed by atoms with Gasteiger partial charge in [-0.15, -0.1) is 0 Å². The minimum atomic E-state index is -0.125. The molecule has 0 atom stereocenters. The van der Waals surface area contributed by atoms with Gasteiger partial charge in [-0.25, -0.2) is 0 Å². The van der Waals surface area contributed by atoms with Crippen molar-refractivity contribution >= 4 is 23.2 Å². The second kappa shape index (κ2) is 5.77. The molecule has 0 radical (unpaired) electrons. The fourth-order valence-electron chi connectivity index (χ4n) is 1.90. The third kappa shape index (κ3) is 2.81. The lowest BCUT2D eigenvalue weighted by Crippen LogP contribution is -2.26. The summed E-state index contributed by atoms with van der Waals surface area (Å²) in [6.07, 6.45) is 0. The molecular weight excluding hydrogens is 272 g/mol. The van der Waals surface area contributed by atoms with Gasteiger partial charge in [-0.05, 0) is 55.0 Å². The summed E-state index contributed by atoms with van der Waals surface area (Å²) in [6, 6.07) is 14.2. The third-order valence-electron chi connectivity index (χ3n) is 3.11. The van der Waals surface area contributed by atoms with Crippen molar-refractivity contribution in [2.24, 2.45) is 0 Å². The molecule has 1 amide bonds. The van der Waals surface area contributed by atoms with Crippen molar-refractivity contribution in [3.63, 3.8) is 0 Å². The quantitative estimate of drug-likeness (QED) is 0.842. The van der Waals surface area contributed by atoms with Crippen LogP contribution in [-0.4, -0.2) is 13.0 Å². The summed E-state index contributed by atoms with van der Waals surface area (Å²) in [7, 11) is 1.71. The van der Waals surface area contributed by atoms with Crippen LogP contribution in [0.15, 0.2) is 42.5 Å². The topological polar surface area (TPSA) is 44.1 Å². The summed E-state index contributed by atoms with van der Waals surface area (Å²) < 4.78 is 0. The number of rotatable bonds is 2. The summed E-state index contributed by atoms with van der Waals surface area (Å²) in [5.74, 6) is -0.125. The Morgan fingerprint density at radius 3 is 2.40 bits per heavy atom. The lowest BCUT2D eigenvalue weighted by atomic mass is 10.1. The summed E-state index contributed by atoms with van der Waals surface area (Å²) in [5, 5.41) is 9.53. The van der Waals surface area contributed by atoms with Gasteiger partial charge in [0.1, 0.15) is 0 Å². The molecule has 3 nitrogen and oxygen atoms in total. The molecule has 100 valence electrons. The molecule has 0 N–H and O–H groups in total. The first kappa shape index (κ1) is 14.1. The minimum Gasteiger partial charge on any atom is -0.311 e. The standard InChI is InChI=1S/C16H13ClN2O/c1-11-9-12(3-4-13(11)10-18)16(20)19(2)15-7-5-14(17)6-8-15/h3-9H,1-2H3. The number of hydrogen-bond acceptors (Lipinski definition) is 2. The first-order valence-electron chi connectivity index (χ1n) is 6.07. The highest BCUT2D eigenvalue weighted by atomic mass is 35.5. The highest BCUT2D eigenvalue weighted by molar-refractivity contribution is 6.30. The zero-order chi connectivity index (χ0) is 14.7. The molecule has 0 bridgehead atoms. The highest BCUT2D eigenvalue weighted by Crippen LogP contribution is 2.19. The predicted octanol–water partition coefficient (Wildman–Crippen LogP) is 3.80. The van der Waals surface area contributed by atoms with Gasteiger partial charge in [-0.1, -0.05) is 11.6 Å². The van der Waals surface area contributed by atoms with Gasteiger partial charge in [0.25, 0.3) is 5.91 Å². The van der Waals surface area contributed by atoms with Crippen molar-refractivity contribution < 1.29 is 4.79 Å². The van der Waals surface area contributed by atoms with E-state index < -0.39 is 0 Å². The van der Waals surface area contributed by atoms with Crippen LogP contribution in [0.2, 0.25) is 5.02 Å². The van der Waals surface area contributed by atoms with Crippen LogP contribution in [0.1, 0.15) is 21.5 Å². The van der Waals surface area contributed by atoms with Crippen LogP contribution in [0.5, 0.6) is 0 Å². The van der Waals surface area contributed by atoms with Crippen molar-refractivity contribution in [2.75, 3.05) is 11.9 Å². The Bertz CT molecular complexity index is 687. The van der Waals surface area contributed by atoms with Crippen LogP contribution in [0.3, 0.4) is 0 Å². The van der Waals surface area contributed by atoms with Crippen LogP contribution in [0, 0.1) is 18.3 Å². The molecule has 0 aliphatic rings. The SMILES string of the molecule is Cc1cc(C(=O)N(C)c2ccc(Cl)cc2)ccc1C#N. The monoisotopic (exact) mass is 284 g/mol. The molecule has 0 fully saturated rings. The van der Waals surface area contributed by atoms with Crippen molar-refractivity contribution in [1.82, 2.24) is 0 Å². The molecule has 2 aromatic carbocycles. The van der Waals surface area contributed by atoms with Crippen LogP contribution < -0.4 is 4.90 Å². The number of nitrogens with zero attached hydrogens (tertiary/aromatic N) is 2. The van der Waals surface area contributed by atoms with E-state index in [4.69, 9.17) is 16.9 Å². The molecule has 0 unspecified atom stereocenters. The van der Waals surface area contributed by atoms with Crippen LogP contribution >= 0.6 is 11.6 Å². The van der Waals surface area contributed by atoms with Gasteiger partial charge in [-0.2, -0.15) is 5.26 Å². The number of carbonyl (C=O) groups excluding carboxylic acids is 1. The molecule has 0 heterocycles. The number of hydrogen-bond donors (Lipinski definition) is 0. The van der Waals surface area contributed by atoms with Crippen molar-refractivity contribution in [3.05, 3.63) is 64.2 Å². The van der Waals surface area contributed by atoms with Gasteiger partial charge in [0.15, 0.2) is 0 Å². The first-order chi connectivity index (χ1) is 9.52. The maximum Gasteiger partial charge on any atom is 0.258 e. The molecule has 20 heavy (non-hydrogen) atoms. The Morgan fingerprint density at radius 1 is 1.20 bits per heavy atom. The molecule has 2 aromatic rings. The van der Waals surface area contributed by atoms with Gasteiger partial charge < -0.3 is 4.90 Å². The Morgan fingerprint density at radius 2 is 1.85 bits per heavy atom. The maximum atomic E-state index is 12.4. The molecule has 0 spiro atoms. The minimum absolute atomic E-state index is 0.125. The van der Waals surface area contributed by atoms with E-state index in [0.29, 0.717) is 16.1 Å². The molecule has 2 rings (SSSR count). The lowest BCUT2D eigenvalue weighted by molar-refractivity contribution is 0.0993. The number of amides is 1. The normalized spacial score (nSPS) is 9.90. The molecule has 0 aliphatic carbocycles. The maximum absolute atomic E-state index is 12.4. The van der Waals surface area contributed by atoms with Crippen LogP contribution in [-0.2, 0) is 0 Å². The molecule has 0 aliphatic heterocycles. The van der Waals surface area contributed by atoms with E-state index in [0.717, 1.165) is 11.3 Å². The zero-order valence-corrected chi connectivity index (χ0v) is 12.0. The molecule has 0 saturated heterocycles. The van der Waals surface area contributed by atoms with E-state index in [2.05, 4.69) is 6.07 Å². The van der Waals surface area contributed by atoms with Gasteiger partial charge in [0.05, 0.1) is 11.6 Å². The largest absolute Gasteiger partial charge is 0.311 e. The predicted molar refractivity (Wildman–Crippen MR) is 80.1 cm³/mol. The second-order valence-corrected chi connectivity index (χ2v) is 4.92. The lowest BCUT2D eigenvalue weighted by Gasteiger charge is -2.17. The van der Waals surface area contributed by atoms with Gasteiger partial charge in [-0.3, -0.25) is 4.79 Å². The Kier molecular flexibility index (Phi) is 4.07. The smallest absolute Gasteiger partial charge is 0.258 e. The fraction of sp³-hybridized carbons (Fsp3) is 0.125. The molecular formula is C16H13ClN2O. The highest BCUT2D eigenvalue weighted by Gasteiger charge is 2.14. The van der Waals surface area contributed by atoms with E-state index in [1.165, 1.54) is 0 Å². The van der Waals surface area contributed by atoms with Crippen molar-refractivity contribution in [3.8, 4) is 6.07 Å². The van der Waals surface area contributed by atoms with E-state index in [1.807, 2.05) is 6.92 Å². The zero-order valence-electron chi connectivity index (χ0n) is 11.2. The van der Waals surface area contributed by atoms with E-state index >= 15 is 0 Å². The Hall–Kier alpha value is -2.31. The second-order valence-electron chi connectivity index (χ2n) is 4.48. The third-order valence-corrected chi connectivity index (χ3v) is 3.36. The number of halogens is 1. The van der Waals surface area contributed by atoms with Gasteiger partial charge in [0, 0.05) is 23.3 Å². The fourth-order valence-corrected chi connectivity index (χ4v) is 2.02. The Labute approximate surface area is 123 Å². The number of benzene rings is 2. The van der Waals surface area contributed by atoms with Crippen molar-refractivity contribution in [1.29, 1.82) is 5.26 Å². The summed E-state index contributed by atoms with van der Waals surface area (Å²) in [4.78, 5) is 13.9. The number of aryl methyl sites for hydroxylation is 1. The van der Waals surface area contributed by atoms with Crippen LogP contribution in [0.4, 0.5) is 5.69 Å². The molecule has 0 aromatic heterocycles. The molecule has 0 saturated carbocycles. The average molecular weight is 285 g/mol. The molecule has 4 heteroatoms. The van der Waals surface area contributed by atoms with Crippen molar-refractivity contribution in [2.45, 2.75) is 6.92 Å². The van der Waals surface area contributed by atoms with Gasteiger partial charge >= 0.3 is 0 Å². The number of anilines is 1. The summed E-state index contributed by atoms with van der Waals surface area (Å²) in [5.41, 5.74) is 2.69. The van der Waals surface area contributed by atoms with E-state index in [-0.39, 0.29) is 5.91 Å². The summed E-state index contributed by atoms with van der Waals surface area (Å²) in [6.45, 7) is 1.82. The number of nitriles is 1. The first-order valence-corrected chi connectivity index (χ1v) is 6.45. The van der Waals surface area contributed by atoms with E-state index in [9.17, 15) is 4.79 Å².